The van der Waals surface area contributed by atoms with E-state index < -0.39 is 0 Å². The SMILES string of the molecule is CC(C)C.CCN[C@@H](CCc1ccccc1)C(=O)NCC(=O)Nc1ccccc1. The molecule has 0 radical (unpaired) electrons. The highest BCUT2D eigenvalue weighted by Crippen LogP contribution is 2.06. The topological polar surface area (TPSA) is 70.2 Å². The number of para-hydroxylation sites is 1. The third-order valence-corrected chi connectivity index (χ3v) is 3.81. The minimum absolute atomic E-state index is 0.0407. The van der Waals surface area contributed by atoms with Crippen LogP contribution in [0.3, 0.4) is 0 Å². The molecule has 0 aliphatic carbocycles. The highest BCUT2D eigenvalue weighted by Gasteiger charge is 2.17. The normalized spacial score (nSPS) is 11.2. The zero-order valence-electron chi connectivity index (χ0n) is 18.1. The van der Waals surface area contributed by atoms with Crippen LogP contribution in [0.2, 0.25) is 0 Å². The molecule has 1 atom stereocenters. The maximum Gasteiger partial charge on any atom is 0.243 e. The van der Waals surface area contributed by atoms with Gasteiger partial charge in [-0.2, -0.15) is 0 Å². The second-order valence-corrected chi connectivity index (χ2v) is 7.50. The zero-order valence-corrected chi connectivity index (χ0v) is 18.1. The van der Waals surface area contributed by atoms with Crippen LogP contribution in [0.4, 0.5) is 5.69 Å². The number of benzene rings is 2. The summed E-state index contributed by atoms with van der Waals surface area (Å²) < 4.78 is 0. The number of aryl methyl sites for hydroxylation is 1. The zero-order chi connectivity index (χ0) is 21.5. The van der Waals surface area contributed by atoms with Crippen molar-refractivity contribution in [1.29, 1.82) is 0 Å². The van der Waals surface area contributed by atoms with Gasteiger partial charge >= 0.3 is 0 Å². The number of amides is 2. The second-order valence-electron chi connectivity index (χ2n) is 7.50. The Morgan fingerprint density at radius 1 is 0.897 bits per heavy atom. The van der Waals surface area contributed by atoms with E-state index in [1.807, 2.05) is 55.5 Å². The Kier molecular flexibility index (Phi) is 12.1. The van der Waals surface area contributed by atoms with Crippen molar-refractivity contribution in [2.75, 3.05) is 18.4 Å². The molecule has 0 spiro atoms. The maximum atomic E-state index is 12.4. The first-order valence-corrected chi connectivity index (χ1v) is 10.3. The van der Waals surface area contributed by atoms with E-state index in [0.717, 1.165) is 12.3 Å². The molecule has 2 rings (SSSR count). The van der Waals surface area contributed by atoms with Crippen molar-refractivity contribution in [1.82, 2.24) is 10.6 Å². The van der Waals surface area contributed by atoms with E-state index in [2.05, 4.69) is 36.7 Å². The van der Waals surface area contributed by atoms with Crippen LogP contribution in [0.1, 0.15) is 39.7 Å². The Bertz CT molecular complexity index is 700. The van der Waals surface area contributed by atoms with E-state index in [9.17, 15) is 9.59 Å². The summed E-state index contributed by atoms with van der Waals surface area (Å²) in [6.07, 6.45) is 1.49. The van der Waals surface area contributed by atoms with Crippen LogP contribution in [0.15, 0.2) is 60.7 Å². The average molecular weight is 398 g/mol. The van der Waals surface area contributed by atoms with E-state index in [0.29, 0.717) is 18.7 Å². The van der Waals surface area contributed by atoms with Gasteiger partial charge in [-0.25, -0.2) is 0 Å². The largest absolute Gasteiger partial charge is 0.346 e. The summed E-state index contributed by atoms with van der Waals surface area (Å²) in [6.45, 7) is 9.12. The second kappa shape index (κ2) is 14.4. The maximum absolute atomic E-state index is 12.4. The molecule has 2 aromatic carbocycles. The molecule has 0 bridgehead atoms. The summed E-state index contributed by atoms with van der Waals surface area (Å²) in [6, 6.07) is 18.9. The summed E-state index contributed by atoms with van der Waals surface area (Å²) in [5.41, 5.74) is 1.91. The minimum atomic E-state index is -0.310. The lowest BCUT2D eigenvalue weighted by Crippen LogP contribution is -2.46. The van der Waals surface area contributed by atoms with Crippen molar-refractivity contribution in [2.24, 2.45) is 5.92 Å². The fourth-order valence-corrected chi connectivity index (χ4v) is 2.55. The summed E-state index contributed by atoms with van der Waals surface area (Å²) >= 11 is 0. The number of carbonyl (C=O) groups is 2. The van der Waals surface area contributed by atoms with Crippen LogP contribution in [0.25, 0.3) is 0 Å². The molecule has 0 fully saturated rings. The number of carbonyl (C=O) groups excluding carboxylic acids is 2. The average Bonchev–Trinajstić information content (AvgIpc) is 2.70. The van der Waals surface area contributed by atoms with Gasteiger partial charge in [0, 0.05) is 5.69 Å². The quantitative estimate of drug-likeness (QED) is 0.599. The van der Waals surface area contributed by atoms with Gasteiger partial charge in [0.15, 0.2) is 0 Å². The third kappa shape index (κ3) is 11.7. The van der Waals surface area contributed by atoms with E-state index in [-0.39, 0.29) is 24.4 Å². The van der Waals surface area contributed by atoms with E-state index in [1.165, 1.54) is 5.56 Å². The molecule has 5 heteroatoms. The minimum Gasteiger partial charge on any atom is -0.346 e. The smallest absolute Gasteiger partial charge is 0.243 e. The van der Waals surface area contributed by atoms with Gasteiger partial charge in [0.25, 0.3) is 0 Å². The molecule has 5 nitrogen and oxygen atoms in total. The molecule has 2 aromatic rings. The van der Waals surface area contributed by atoms with Crippen LogP contribution in [0.5, 0.6) is 0 Å². The number of hydrogen-bond donors (Lipinski definition) is 3. The third-order valence-electron chi connectivity index (χ3n) is 3.81. The Hall–Kier alpha value is -2.66. The molecular weight excluding hydrogens is 362 g/mol. The molecule has 0 unspecified atom stereocenters. The molecule has 2 amide bonds. The molecule has 0 aromatic heterocycles. The number of likely N-dealkylation sites (N-methyl/N-ethyl adjacent to an activating group) is 1. The molecule has 158 valence electrons. The predicted octanol–water partition coefficient (Wildman–Crippen LogP) is 4.01. The van der Waals surface area contributed by atoms with Crippen molar-refractivity contribution in [3.05, 3.63) is 66.2 Å². The highest BCUT2D eigenvalue weighted by atomic mass is 16.2. The Labute approximate surface area is 175 Å². The summed E-state index contributed by atoms with van der Waals surface area (Å²) in [7, 11) is 0. The van der Waals surface area contributed by atoms with E-state index >= 15 is 0 Å². The van der Waals surface area contributed by atoms with Crippen LogP contribution in [-0.4, -0.2) is 30.9 Å². The lowest BCUT2D eigenvalue weighted by atomic mass is 10.0. The van der Waals surface area contributed by atoms with Gasteiger partial charge in [-0.3, -0.25) is 9.59 Å². The van der Waals surface area contributed by atoms with Gasteiger partial charge in [-0.05, 0) is 43.0 Å². The van der Waals surface area contributed by atoms with E-state index in [1.54, 1.807) is 12.1 Å². The lowest BCUT2D eigenvalue weighted by molar-refractivity contribution is -0.125. The Balaban J connectivity index is 0.000000960. The van der Waals surface area contributed by atoms with Crippen LogP contribution < -0.4 is 16.0 Å². The first-order valence-electron chi connectivity index (χ1n) is 10.3. The standard InChI is InChI=1S/C20H25N3O2.C4H10/c1-2-21-18(14-13-16-9-5-3-6-10-16)20(25)22-15-19(24)23-17-11-7-4-8-12-17;1-4(2)3/h3-12,18,21H,2,13-15H2,1H3,(H,22,25)(H,23,24);4H,1-3H3/t18-;/m0./s1. The van der Waals surface area contributed by atoms with Gasteiger partial charge in [0.2, 0.25) is 11.8 Å². The van der Waals surface area contributed by atoms with Crippen molar-refractivity contribution in [2.45, 2.75) is 46.6 Å². The first kappa shape index (κ1) is 24.4. The predicted molar refractivity (Wildman–Crippen MR) is 121 cm³/mol. The monoisotopic (exact) mass is 397 g/mol. The lowest BCUT2D eigenvalue weighted by Gasteiger charge is -2.17. The van der Waals surface area contributed by atoms with Crippen molar-refractivity contribution < 1.29 is 9.59 Å². The number of rotatable bonds is 9. The summed E-state index contributed by atoms with van der Waals surface area (Å²) in [4.78, 5) is 24.3. The molecule has 0 saturated carbocycles. The molecule has 0 aliphatic rings. The molecule has 0 aliphatic heterocycles. The van der Waals surface area contributed by atoms with Gasteiger partial charge in [-0.1, -0.05) is 76.2 Å². The molecule has 3 N–H and O–H groups in total. The Morgan fingerprint density at radius 3 is 2.00 bits per heavy atom. The number of anilines is 1. The first-order chi connectivity index (χ1) is 13.9. The van der Waals surface area contributed by atoms with Gasteiger partial charge in [-0.15, -0.1) is 0 Å². The van der Waals surface area contributed by atoms with Crippen molar-refractivity contribution in [3.8, 4) is 0 Å². The fourth-order valence-electron chi connectivity index (χ4n) is 2.55. The van der Waals surface area contributed by atoms with E-state index in [4.69, 9.17) is 0 Å². The molecular formula is C24H35N3O2. The molecule has 29 heavy (non-hydrogen) atoms. The summed E-state index contributed by atoms with van der Waals surface area (Å²) in [5, 5.41) is 8.64. The van der Waals surface area contributed by atoms with Gasteiger partial charge in [0.1, 0.15) is 0 Å². The van der Waals surface area contributed by atoms with Gasteiger partial charge in [0.05, 0.1) is 12.6 Å². The molecule has 0 heterocycles. The van der Waals surface area contributed by atoms with Crippen LogP contribution >= 0.6 is 0 Å². The highest BCUT2D eigenvalue weighted by molar-refractivity contribution is 5.95. The van der Waals surface area contributed by atoms with Crippen LogP contribution in [0, 0.1) is 5.92 Å². The van der Waals surface area contributed by atoms with Crippen LogP contribution in [-0.2, 0) is 16.0 Å². The van der Waals surface area contributed by atoms with Crippen molar-refractivity contribution in [3.63, 3.8) is 0 Å². The molecule has 0 saturated heterocycles. The number of hydrogen-bond acceptors (Lipinski definition) is 3. The van der Waals surface area contributed by atoms with Crippen molar-refractivity contribution >= 4 is 17.5 Å². The number of nitrogens with one attached hydrogen (secondary N) is 3. The van der Waals surface area contributed by atoms with Gasteiger partial charge < -0.3 is 16.0 Å². The fraction of sp³-hybridized carbons (Fsp3) is 0.417. The Morgan fingerprint density at radius 2 is 1.45 bits per heavy atom. The summed E-state index contributed by atoms with van der Waals surface area (Å²) in [5.74, 6) is 0.443.